The zero-order valence-electron chi connectivity index (χ0n) is 14.6. The minimum absolute atomic E-state index is 0.285. The Morgan fingerprint density at radius 2 is 1.09 bits per heavy atom. The molecule has 0 aliphatic carbocycles. The molecule has 0 aromatic rings. The smallest absolute Gasteiger partial charge is 0.303 e. The first-order chi connectivity index (χ1) is 10.8. The van der Waals surface area contributed by atoms with Gasteiger partial charge in [-0.3, -0.25) is 4.79 Å². The summed E-state index contributed by atoms with van der Waals surface area (Å²) >= 11 is 0. The van der Waals surface area contributed by atoms with E-state index in [2.05, 4.69) is 31.2 Å². The molecule has 0 aliphatic heterocycles. The van der Waals surface area contributed by atoms with Gasteiger partial charge in [0.1, 0.15) is 0 Å². The maximum atomic E-state index is 10.3. The maximum absolute atomic E-state index is 10.3. The fourth-order valence-corrected chi connectivity index (χ4v) is 2.41. The van der Waals surface area contributed by atoms with E-state index in [4.69, 9.17) is 5.11 Å². The first kappa shape index (κ1) is 20.9. The van der Waals surface area contributed by atoms with Gasteiger partial charge in [-0.25, -0.2) is 0 Å². The summed E-state index contributed by atoms with van der Waals surface area (Å²) in [4.78, 5) is 10.3. The molecule has 0 aromatic heterocycles. The molecule has 2 nitrogen and oxygen atoms in total. The summed E-state index contributed by atoms with van der Waals surface area (Å²) in [5.74, 6) is -0.693. The third-order valence-electron chi connectivity index (χ3n) is 3.81. The molecular formula is C20H36O2. The average molecular weight is 309 g/mol. The quantitative estimate of drug-likeness (QED) is 0.255. The van der Waals surface area contributed by atoms with E-state index in [9.17, 15) is 4.79 Å². The van der Waals surface area contributed by atoms with Crippen LogP contribution in [0.2, 0.25) is 0 Å². The molecule has 0 heterocycles. The van der Waals surface area contributed by atoms with Crippen LogP contribution in [0.1, 0.15) is 96.8 Å². The Balaban J connectivity index is 3.17. The maximum Gasteiger partial charge on any atom is 0.303 e. The number of aliphatic carboxylic acids is 1. The zero-order valence-corrected chi connectivity index (χ0v) is 14.6. The molecule has 128 valence electrons. The number of carbonyl (C=O) groups is 1. The lowest BCUT2D eigenvalue weighted by Gasteiger charge is -1.98. The highest BCUT2D eigenvalue weighted by molar-refractivity contribution is 5.66. The molecule has 22 heavy (non-hydrogen) atoms. The van der Waals surface area contributed by atoms with Crippen LogP contribution in [0.3, 0.4) is 0 Å². The van der Waals surface area contributed by atoms with Crippen LogP contribution >= 0.6 is 0 Å². The first-order valence-corrected chi connectivity index (χ1v) is 9.29. The number of unbranched alkanes of at least 4 members (excludes halogenated alkanes) is 10. The van der Waals surface area contributed by atoms with Crippen LogP contribution in [-0.4, -0.2) is 11.1 Å². The molecule has 2 heteroatoms. The standard InChI is InChI=1S/C20H36O2/c1-2-3-4-5-6-7-8-9-10-11-12-13-14-15-16-17-18-19-20(21)22/h9-10,15-16H,2-8,11-14,17-19H2,1H3,(H,21,22)/b10-9-,16-15+. The van der Waals surface area contributed by atoms with Crippen molar-refractivity contribution >= 4 is 5.97 Å². The molecule has 0 rings (SSSR count). The topological polar surface area (TPSA) is 37.3 Å². The van der Waals surface area contributed by atoms with Gasteiger partial charge in [0.2, 0.25) is 0 Å². The Hall–Kier alpha value is -1.05. The predicted octanol–water partition coefficient (Wildman–Crippen LogP) is 6.66. The molecule has 0 saturated heterocycles. The summed E-state index contributed by atoms with van der Waals surface area (Å²) < 4.78 is 0. The van der Waals surface area contributed by atoms with Gasteiger partial charge in [0.05, 0.1) is 0 Å². The minimum atomic E-state index is -0.693. The van der Waals surface area contributed by atoms with Gasteiger partial charge in [-0.15, -0.1) is 0 Å². The fourth-order valence-electron chi connectivity index (χ4n) is 2.41. The van der Waals surface area contributed by atoms with Crippen molar-refractivity contribution in [2.24, 2.45) is 0 Å². The number of allylic oxidation sites excluding steroid dienone is 4. The van der Waals surface area contributed by atoms with E-state index in [1.54, 1.807) is 0 Å². The minimum Gasteiger partial charge on any atom is -0.481 e. The summed E-state index contributed by atoms with van der Waals surface area (Å²) in [6.07, 6.45) is 25.3. The van der Waals surface area contributed by atoms with Crippen molar-refractivity contribution in [1.29, 1.82) is 0 Å². The predicted molar refractivity (Wildman–Crippen MR) is 96.2 cm³/mol. The van der Waals surface area contributed by atoms with Gasteiger partial charge >= 0.3 is 5.97 Å². The number of hydrogen-bond donors (Lipinski definition) is 1. The summed E-state index contributed by atoms with van der Waals surface area (Å²) in [5.41, 5.74) is 0. The Morgan fingerprint density at radius 3 is 1.59 bits per heavy atom. The lowest BCUT2D eigenvalue weighted by molar-refractivity contribution is -0.137. The van der Waals surface area contributed by atoms with Crippen LogP contribution in [0.4, 0.5) is 0 Å². The lowest BCUT2D eigenvalue weighted by atomic mass is 10.1. The molecule has 0 fully saturated rings. The largest absolute Gasteiger partial charge is 0.481 e. The summed E-state index contributed by atoms with van der Waals surface area (Å²) in [5, 5.41) is 8.51. The van der Waals surface area contributed by atoms with E-state index in [-0.39, 0.29) is 6.42 Å². The lowest BCUT2D eigenvalue weighted by Crippen LogP contribution is -1.92. The molecule has 0 saturated carbocycles. The van der Waals surface area contributed by atoms with Crippen molar-refractivity contribution in [3.8, 4) is 0 Å². The van der Waals surface area contributed by atoms with Crippen molar-refractivity contribution in [3.63, 3.8) is 0 Å². The highest BCUT2D eigenvalue weighted by atomic mass is 16.4. The van der Waals surface area contributed by atoms with Gasteiger partial charge in [0.25, 0.3) is 0 Å². The summed E-state index contributed by atoms with van der Waals surface area (Å²) in [6, 6.07) is 0. The van der Waals surface area contributed by atoms with E-state index >= 15 is 0 Å². The van der Waals surface area contributed by atoms with Crippen molar-refractivity contribution in [2.45, 2.75) is 96.8 Å². The third kappa shape index (κ3) is 18.9. The highest BCUT2D eigenvalue weighted by Gasteiger charge is 1.93. The second-order valence-electron chi connectivity index (χ2n) is 6.07. The molecule has 0 spiro atoms. The van der Waals surface area contributed by atoms with Crippen LogP contribution in [0.15, 0.2) is 24.3 Å². The van der Waals surface area contributed by atoms with E-state index in [1.165, 1.54) is 64.2 Å². The van der Waals surface area contributed by atoms with Crippen molar-refractivity contribution in [2.75, 3.05) is 0 Å². The molecule has 0 bridgehead atoms. The number of carboxylic acids is 1. The number of hydrogen-bond acceptors (Lipinski definition) is 1. The van der Waals surface area contributed by atoms with Crippen LogP contribution in [0.5, 0.6) is 0 Å². The first-order valence-electron chi connectivity index (χ1n) is 9.29. The van der Waals surface area contributed by atoms with E-state index < -0.39 is 5.97 Å². The Labute approximate surface area is 137 Å². The van der Waals surface area contributed by atoms with Crippen molar-refractivity contribution < 1.29 is 9.90 Å². The normalized spacial score (nSPS) is 11.7. The summed E-state index contributed by atoms with van der Waals surface area (Å²) in [7, 11) is 0. The van der Waals surface area contributed by atoms with E-state index in [1.807, 2.05) is 0 Å². The molecule has 0 aromatic carbocycles. The van der Waals surface area contributed by atoms with Crippen molar-refractivity contribution in [3.05, 3.63) is 24.3 Å². The van der Waals surface area contributed by atoms with Gasteiger partial charge in [0, 0.05) is 6.42 Å². The Kier molecular flexibility index (Phi) is 17.1. The molecule has 0 aliphatic rings. The number of rotatable bonds is 16. The second-order valence-corrected chi connectivity index (χ2v) is 6.07. The van der Waals surface area contributed by atoms with Gasteiger partial charge in [-0.05, 0) is 51.4 Å². The van der Waals surface area contributed by atoms with Crippen LogP contribution in [-0.2, 0) is 4.79 Å². The highest BCUT2D eigenvalue weighted by Crippen LogP contribution is 2.08. The van der Waals surface area contributed by atoms with Crippen molar-refractivity contribution in [1.82, 2.24) is 0 Å². The monoisotopic (exact) mass is 308 g/mol. The SMILES string of the molecule is CCCCCCCC/C=C\CCCC/C=C/CCCC(=O)O. The summed E-state index contributed by atoms with van der Waals surface area (Å²) in [6.45, 7) is 2.26. The van der Waals surface area contributed by atoms with Gasteiger partial charge in [0.15, 0.2) is 0 Å². The van der Waals surface area contributed by atoms with Crippen LogP contribution in [0, 0.1) is 0 Å². The number of carboxylic acid groups (broad SMARTS) is 1. The molecular weight excluding hydrogens is 272 g/mol. The van der Waals surface area contributed by atoms with Crippen LogP contribution in [0.25, 0.3) is 0 Å². The Morgan fingerprint density at radius 1 is 0.682 bits per heavy atom. The van der Waals surface area contributed by atoms with Crippen LogP contribution < -0.4 is 0 Å². The third-order valence-corrected chi connectivity index (χ3v) is 3.81. The molecule has 0 radical (unpaired) electrons. The van der Waals surface area contributed by atoms with Gasteiger partial charge < -0.3 is 5.11 Å². The van der Waals surface area contributed by atoms with Gasteiger partial charge in [-0.2, -0.15) is 0 Å². The molecule has 0 unspecified atom stereocenters. The van der Waals surface area contributed by atoms with E-state index in [0.29, 0.717) is 0 Å². The molecule has 1 N–H and O–H groups in total. The average Bonchev–Trinajstić information content (AvgIpc) is 2.50. The van der Waals surface area contributed by atoms with E-state index in [0.717, 1.165) is 19.3 Å². The molecule has 0 amide bonds. The van der Waals surface area contributed by atoms with Gasteiger partial charge in [-0.1, -0.05) is 63.3 Å². The Bertz CT molecular complexity index is 292. The second kappa shape index (κ2) is 18.0. The molecule has 0 atom stereocenters. The fraction of sp³-hybridized carbons (Fsp3) is 0.750. The zero-order chi connectivity index (χ0) is 16.3.